The fraction of sp³-hybridized carbons (Fsp3) is 0.625. The first-order chi connectivity index (χ1) is 8.85. The van der Waals surface area contributed by atoms with Crippen LogP contribution in [0.4, 0.5) is 5.69 Å². The van der Waals surface area contributed by atoms with E-state index < -0.39 is 0 Å². The maximum Gasteiger partial charge on any atom is 0.0642 e. The Morgan fingerprint density at radius 3 is 2.53 bits per heavy atom. The number of anilines is 1. The third kappa shape index (κ3) is 5.42. The van der Waals surface area contributed by atoms with Crippen LogP contribution in [0.15, 0.2) is 18.2 Å². The quantitative estimate of drug-likeness (QED) is 0.782. The summed E-state index contributed by atoms with van der Waals surface area (Å²) in [5.41, 5.74) is 2.68. The molecule has 0 atom stereocenters. The van der Waals surface area contributed by atoms with Gasteiger partial charge >= 0.3 is 0 Å². The second kappa shape index (κ2) is 7.16. The van der Waals surface area contributed by atoms with Gasteiger partial charge in [-0.05, 0) is 30.0 Å². The summed E-state index contributed by atoms with van der Waals surface area (Å²) in [4.78, 5) is 2.27. The predicted octanol–water partition coefficient (Wildman–Crippen LogP) is 4.32. The monoisotopic (exact) mass is 282 g/mol. The van der Waals surface area contributed by atoms with E-state index in [9.17, 15) is 0 Å². The SMILES string of the molecule is CCCNCc1cccc(Cl)c1N(C)CC(C)(C)C. The van der Waals surface area contributed by atoms with Crippen LogP contribution in [0.2, 0.25) is 5.02 Å². The van der Waals surface area contributed by atoms with Gasteiger partial charge in [-0.3, -0.25) is 0 Å². The minimum atomic E-state index is 0.252. The predicted molar refractivity (Wildman–Crippen MR) is 86.2 cm³/mol. The van der Waals surface area contributed by atoms with Gasteiger partial charge in [0, 0.05) is 20.1 Å². The van der Waals surface area contributed by atoms with Crippen LogP contribution in [0.25, 0.3) is 0 Å². The number of hydrogen-bond acceptors (Lipinski definition) is 2. The second-order valence-electron chi connectivity index (χ2n) is 6.34. The summed E-state index contributed by atoms with van der Waals surface area (Å²) in [7, 11) is 2.12. The van der Waals surface area contributed by atoms with Gasteiger partial charge in [-0.25, -0.2) is 0 Å². The summed E-state index contributed by atoms with van der Waals surface area (Å²) < 4.78 is 0. The summed E-state index contributed by atoms with van der Waals surface area (Å²) in [6.07, 6.45) is 1.15. The van der Waals surface area contributed by atoms with Crippen molar-refractivity contribution in [2.45, 2.75) is 40.7 Å². The van der Waals surface area contributed by atoms with Gasteiger partial charge in [-0.2, -0.15) is 0 Å². The molecule has 108 valence electrons. The van der Waals surface area contributed by atoms with Crippen molar-refractivity contribution >= 4 is 17.3 Å². The lowest BCUT2D eigenvalue weighted by Crippen LogP contribution is -2.30. The van der Waals surface area contributed by atoms with E-state index in [-0.39, 0.29) is 5.41 Å². The zero-order chi connectivity index (χ0) is 14.5. The van der Waals surface area contributed by atoms with Gasteiger partial charge in [-0.1, -0.05) is 51.4 Å². The molecule has 0 aliphatic carbocycles. The van der Waals surface area contributed by atoms with Gasteiger partial charge in [0.1, 0.15) is 0 Å². The number of nitrogens with one attached hydrogen (secondary N) is 1. The lowest BCUT2D eigenvalue weighted by Gasteiger charge is -2.30. The number of nitrogens with zero attached hydrogens (tertiary/aromatic N) is 1. The van der Waals surface area contributed by atoms with Crippen molar-refractivity contribution in [2.24, 2.45) is 5.41 Å². The van der Waals surface area contributed by atoms with Gasteiger partial charge in [0.05, 0.1) is 10.7 Å². The number of benzene rings is 1. The zero-order valence-electron chi connectivity index (χ0n) is 12.9. The Morgan fingerprint density at radius 2 is 1.95 bits per heavy atom. The summed E-state index contributed by atoms with van der Waals surface area (Å²) in [6.45, 7) is 11.8. The van der Waals surface area contributed by atoms with Gasteiger partial charge in [0.15, 0.2) is 0 Å². The summed E-state index contributed by atoms with van der Waals surface area (Å²) in [5, 5.41) is 4.29. The Labute approximate surface area is 123 Å². The molecule has 0 heterocycles. The van der Waals surface area contributed by atoms with Crippen LogP contribution in [0.5, 0.6) is 0 Å². The molecule has 3 heteroatoms. The number of halogens is 1. The van der Waals surface area contributed by atoms with Crippen LogP contribution in [-0.4, -0.2) is 20.1 Å². The van der Waals surface area contributed by atoms with Crippen molar-refractivity contribution in [3.63, 3.8) is 0 Å². The third-order valence-corrected chi connectivity index (χ3v) is 3.21. The fourth-order valence-electron chi connectivity index (χ4n) is 2.32. The fourth-order valence-corrected chi connectivity index (χ4v) is 2.66. The van der Waals surface area contributed by atoms with E-state index in [0.29, 0.717) is 0 Å². The average Bonchev–Trinajstić information content (AvgIpc) is 2.26. The minimum Gasteiger partial charge on any atom is -0.373 e. The average molecular weight is 283 g/mol. The van der Waals surface area contributed by atoms with Crippen LogP contribution in [0.3, 0.4) is 0 Å². The smallest absolute Gasteiger partial charge is 0.0642 e. The van der Waals surface area contributed by atoms with E-state index in [1.807, 2.05) is 12.1 Å². The highest BCUT2D eigenvalue weighted by Crippen LogP contribution is 2.31. The van der Waals surface area contributed by atoms with Gasteiger partial charge in [0.25, 0.3) is 0 Å². The van der Waals surface area contributed by atoms with Gasteiger partial charge in [-0.15, -0.1) is 0 Å². The maximum atomic E-state index is 6.40. The van der Waals surface area contributed by atoms with Crippen LogP contribution < -0.4 is 10.2 Å². The molecular formula is C16H27ClN2. The van der Waals surface area contributed by atoms with E-state index in [2.05, 4.69) is 51.0 Å². The molecule has 0 fully saturated rings. The van der Waals surface area contributed by atoms with E-state index >= 15 is 0 Å². The number of para-hydroxylation sites is 1. The third-order valence-electron chi connectivity index (χ3n) is 2.91. The molecule has 19 heavy (non-hydrogen) atoms. The minimum absolute atomic E-state index is 0.252. The van der Waals surface area contributed by atoms with Crippen molar-refractivity contribution in [3.05, 3.63) is 28.8 Å². The summed E-state index contributed by atoms with van der Waals surface area (Å²) in [6, 6.07) is 6.15. The van der Waals surface area contributed by atoms with E-state index in [1.165, 1.54) is 5.56 Å². The second-order valence-corrected chi connectivity index (χ2v) is 6.75. The number of hydrogen-bond donors (Lipinski definition) is 1. The Bertz CT molecular complexity index is 396. The van der Waals surface area contributed by atoms with E-state index in [1.54, 1.807) is 0 Å². The Kier molecular flexibility index (Phi) is 6.15. The highest BCUT2D eigenvalue weighted by Gasteiger charge is 2.18. The molecule has 0 radical (unpaired) electrons. The summed E-state index contributed by atoms with van der Waals surface area (Å²) in [5.74, 6) is 0. The molecule has 0 aromatic heterocycles. The molecule has 0 saturated carbocycles. The normalized spacial score (nSPS) is 11.7. The lowest BCUT2D eigenvalue weighted by molar-refractivity contribution is 0.418. The van der Waals surface area contributed by atoms with Crippen LogP contribution in [0.1, 0.15) is 39.7 Å². The Hall–Kier alpha value is -0.730. The van der Waals surface area contributed by atoms with Crippen molar-refractivity contribution in [2.75, 3.05) is 25.0 Å². The number of rotatable bonds is 6. The first-order valence-electron chi connectivity index (χ1n) is 7.04. The zero-order valence-corrected chi connectivity index (χ0v) is 13.6. The molecule has 0 bridgehead atoms. The van der Waals surface area contributed by atoms with Crippen LogP contribution in [0, 0.1) is 5.41 Å². The molecule has 0 amide bonds. The molecule has 1 rings (SSSR count). The molecular weight excluding hydrogens is 256 g/mol. The van der Waals surface area contributed by atoms with Gasteiger partial charge in [0.2, 0.25) is 0 Å². The molecule has 0 aliphatic rings. The Morgan fingerprint density at radius 1 is 1.26 bits per heavy atom. The molecule has 1 aromatic rings. The van der Waals surface area contributed by atoms with Crippen LogP contribution >= 0.6 is 11.6 Å². The molecule has 0 aliphatic heterocycles. The molecule has 0 unspecified atom stereocenters. The highest BCUT2D eigenvalue weighted by atomic mass is 35.5. The van der Waals surface area contributed by atoms with Crippen molar-refractivity contribution in [1.82, 2.24) is 5.32 Å². The standard InChI is InChI=1S/C16H27ClN2/c1-6-10-18-11-13-8-7-9-14(17)15(13)19(5)12-16(2,3)4/h7-9,18H,6,10-12H2,1-5H3. The van der Waals surface area contributed by atoms with Crippen molar-refractivity contribution in [3.8, 4) is 0 Å². The lowest BCUT2D eigenvalue weighted by atomic mass is 9.95. The largest absolute Gasteiger partial charge is 0.373 e. The summed E-state index contributed by atoms with van der Waals surface area (Å²) >= 11 is 6.40. The highest BCUT2D eigenvalue weighted by molar-refractivity contribution is 6.33. The molecule has 2 nitrogen and oxygen atoms in total. The van der Waals surface area contributed by atoms with Crippen LogP contribution in [-0.2, 0) is 6.54 Å². The topological polar surface area (TPSA) is 15.3 Å². The maximum absolute atomic E-state index is 6.40. The first kappa shape index (κ1) is 16.3. The molecule has 1 aromatic carbocycles. The molecule has 0 spiro atoms. The molecule has 0 saturated heterocycles. The van der Waals surface area contributed by atoms with Crippen molar-refractivity contribution < 1.29 is 0 Å². The first-order valence-corrected chi connectivity index (χ1v) is 7.42. The van der Waals surface area contributed by atoms with Gasteiger partial charge < -0.3 is 10.2 Å². The van der Waals surface area contributed by atoms with E-state index in [0.717, 1.165) is 36.8 Å². The Balaban J connectivity index is 2.90. The molecule has 1 N–H and O–H groups in total. The van der Waals surface area contributed by atoms with Crippen molar-refractivity contribution in [1.29, 1.82) is 0 Å². The van der Waals surface area contributed by atoms with E-state index in [4.69, 9.17) is 11.6 Å².